The first-order valence-corrected chi connectivity index (χ1v) is 6.88. The third-order valence-corrected chi connectivity index (χ3v) is 3.48. The van der Waals surface area contributed by atoms with Crippen LogP contribution in [-0.2, 0) is 9.53 Å². The Bertz CT molecular complexity index is 568. The molecule has 0 radical (unpaired) electrons. The second-order valence-electron chi connectivity index (χ2n) is 3.83. The maximum Gasteiger partial charge on any atom is 0.307 e. The summed E-state index contributed by atoms with van der Waals surface area (Å²) in [7, 11) is 1.38. The fraction of sp³-hybridized carbons (Fsp3) is 0.385. The van der Waals surface area contributed by atoms with Crippen molar-refractivity contribution in [2.75, 3.05) is 25.6 Å². The number of hydrogen-bond acceptors (Lipinski definition) is 6. The Labute approximate surface area is 115 Å². The van der Waals surface area contributed by atoms with E-state index in [0.29, 0.717) is 19.6 Å². The lowest BCUT2D eigenvalue weighted by atomic mass is 10.3. The van der Waals surface area contributed by atoms with Gasteiger partial charge in [-0.15, -0.1) is 0 Å². The smallest absolute Gasteiger partial charge is 0.307 e. The molecule has 0 aliphatic carbocycles. The van der Waals surface area contributed by atoms with Crippen molar-refractivity contribution in [2.24, 2.45) is 0 Å². The van der Waals surface area contributed by atoms with E-state index in [1.807, 2.05) is 25.1 Å². The Morgan fingerprint density at radius 2 is 2.32 bits per heavy atom. The minimum atomic E-state index is -0.229. The lowest BCUT2D eigenvalue weighted by Gasteiger charge is -2.00. The molecule has 5 nitrogen and oxygen atoms in total. The molecule has 0 aliphatic rings. The van der Waals surface area contributed by atoms with Gasteiger partial charge in [0.05, 0.1) is 30.4 Å². The maximum absolute atomic E-state index is 11.0. The summed E-state index contributed by atoms with van der Waals surface area (Å²) in [4.78, 5) is 15.4. The number of anilines is 1. The summed E-state index contributed by atoms with van der Waals surface area (Å²) in [5, 5.41) is 3.92. The SMILES string of the molecule is CCOc1ccc2nc(NCCC(=O)OC)sc2c1. The maximum atomic E-state index is 11.0. The number of aromatic nitrogens is 1. The van der Waals surface area contributed by atoms with E-state index in [1.165, 1.54) is 7.11 Å². The Balaban J connectivity index is 2.02. The van der Waals surface area contributed by atoms with Crippen molar-refractivity contribution in [3.05, 3.63) is 18.2 Å². The number of fused-ring (bicyclic) bond motifs is 1. The molecule has 102 valence electrons. The molecule has 2 aromatic rings. The van der Waals surface area contributed by atoms with E-state index in [0.717, 1.165) is 21.1 Å². The van der Waals surface area contributed by atoms with Crippen molar-refractivity contribution < 1.29 is 14.3 Å². The van der Waals surface area contributed by atoms with E-state index in [4.69, 9.17) is 4.74 Å². The minimum absolute atomic E-state index is 0.229. The van der Waals surface area contributed by atoms with Crippen LogP contribution in [0.4, 0.5) is 5.13 Å². The lowest BCUT2D eigenvalue weighted by Crippen LogP contribution is -2.09. The molecule has 0 saturated carbocycles. The van der Waals surface area contributed by atoms with Gasteiger partial charge in [0.25, 0.3) is 0 Å². The van der Waals surface area contributed by atoms with E-state index in [-0.39, 0.29) is 5.97 Å². The van der Waals surface area contributed by atoms with Gasteiger partial charge in [-0.2, -0.15) is 0 Å². The number of esters is 1. The van der Waals surface area contributed by atoms with Crippen LogP contribution < -0.4 is 10.1 Å². The number of benzene rings is 1. The van der Waals surface area contributed by atoms with E-state index in [2.05, 4.69) is 15.0 Å². The molecule has 0 saturated heterocycles. The van der Waals surface area contributed by atoms with Crippen LogP contribution in [0, 0.1) is 0 Å². The van der Waals surface area contributed by atoms with Gasteiger partial charge in [-0.25, -0.2) is 4.98 Å². The Morgan fingerprint density at radius 1 is 1.47 bits per heavy atom. The predicted octanol–water partition coefficient (Wildman–Crippen LogP) is 2.67. The highest BCUT2D eigenvalue weighted by Gasteiger charge is 2.06. The number of nitrogens with one attached hydrogen (secondary N) is 1. The molecule has 0 spiro atoms. The monoisotopic (exact) mass is 280 g/mol. The fourth-order valence-electron chi connectivity index (χ4n) is 1.61. The molecule has 0 bridgehead atoms. The standard InChI is InChI=1S/C13H16N2O3S/c1-3-18-9-4-5-10-11(8-9)19-13(15-10)14-7-6-12(16)17-2/h4-5,8H,3,6-7H2,1-2H3,(H,14,15). The highest BCUT2D eigenvalue weighted by molar-refractivity contribution is 7.22. The van der Waals surface area contributed by atoms with E-state index < -0.39 is 0 Å². The average Bonchev–Trinajstić information content (AvgIpc) is 2.80. The first kappa shape index (κ1) is 13.6. The summed E-state index contributed by atoms with van der Waals surface area (Å²) >= 11 is 1.54. The van der Waals surface area contributed by atoms with Crippen LogP contribution in [0.25, 0.3) is 10.2 Å². The third-order valence-electron chi connectivity index (χ3n) is 2.50. The molecule has 1 N–H and O–H groups in total. The molecular weight excluding hydrogens is 264 g/mol. The van der Waals surface area contributed by atoms with Gasteiger partial charge in [0.1, 0.15) is 5.75 Å². The van der Waals surface area contributed by atoms with Gasteiger partial charge in [-0.1, -0.05) is 11.3 Å². The van der Waals surface area contributed by atoms with Crippen LogP contribution in [0.2, 0.25) is 0 Å². The molecule has 0 unspecified atom stereocenters. The number of rotatable bonds is 6. The van der Waals surface area contributed by atoms with E-state index in [9.17, 15) is 4.79 Å². The molecule has 2 rings (SSSR count). The van der Waals surface area contributed by atoms with Crippen molar-refractivity contribution in [3.63, 3.8) is 0 Å². The number of thiazole rings is 1. The zero-order chi connectivity index (χ0) is 13.7. The largest absolute Gasteiger partial charge is 0.494 e. The van der Waals surface area contributed by atoms with E-state index in [1.54, 1.807) is 11.3 Å². The molecule has 1 aromatic heterocycles. The van der Waals surface area contributed by atoms with Crippen LogP contribution in [0.15, 0.2) is 18.2 Å². The normalized spacial score (nSPS) is 10.4. The number of hydrogen-bond donors (Lipinski definition) is 1. The number of methoxy groups -OCH3 is 1. The molecule has 19 heavy (non-hydrogen) atoms. The highest BCUT2D eigenvalue weighted by atomic mass is 32.1. The topological polar surface area (TPSA) is 60.5 Å². The van der Waals surface area contributed by atoms with Gasteiger partial charge >= 0.3 is 5.97 Å². The summed E-state index contributed by atoms with van der Waals surface area (Å²) in [5.74, 6) is 0.618. The van der Waals surface area contributed by atoms with Gasteiger partial charge < -0.3 is 14.8 Å². The molecule has 0 aliphatic heterocycles. The molecule has 0 atom stereocenters. The van der Waals surface area contributed by atoms with Gasteiger partial charge in [0, 0.05) is 6.54 Å². The van der Waals surface area contributed by atoms with E-state index >= 15 is 0 Å². The van der Waals surface area contributed by atoms with Crippen LogP contribution in [0.5, 0.6) is 5.75 Å². The summed E-state index contributed by atoms with van der Waals surface area (Å²) in [6.07, 6.45) is 0.330. The summed E-state index contributed by atoms with van der Waals surface area (Å²) in [6, 6.07) is 5.81. The Kier molecular flexibility index (Phi) is 4.57. The lowest BCUT2D eigenvalue weighted by molar-refractivity contribution is -0.140. The van der Waals surface area contributed by atoms with Crippen molar-refractivity contribution in [1.29, 1.82) is 0 Å². The summed E-state index contributed by atoms with van der Waals surface area (Å²) in [5.41, 5.74) is 0.925. The van der Waals surface area contributed by atoms with Crippen LogP contribution >= 0.6 is 11.3 Å². The van der Waals surface area contributed by atoms with Crippen molar-refractivity contribution >= 4 is 32.7 Å². The van der Waals surface area contributed by atoms with Crippen LogP contribution in [0.1, 0.15) is 13.3 Å². The molecule has 0 amide bonds. The van der Waals surface area contributed by atoms with Crippen LogP contribution in [-0.4, -0.2) is 31.2 Å². The molecule has 6 heteroatoms. The predicted molar refractivity (Wildman–Crippen MR) is 75.9 cm³/mol. The Morgan fingerprint density at radius 3 is 3.05 bits per heavy atom. The van der Waals surface area contributed by atoms with Gasteiger partial charge in [0.2, 0.25) is 0 Å². The van der Waals surface area contributed by atoms with Gasteiger partial charge in [-0.3, -0.25) is 4.79 Å². The summed E-state index contributed by atoms with van der Waals surface area (Å²) < 4.78 is 11.1. The first-order chi connectivity index (χ1) is 9.22. The number of nitrogens with zero attached hydrogens (tertiary/aromatic N) is 1. The summed E-state index contributed by atoms with van der Waals surface area (Å²) in [6.45, 7) is 3.12. The second kappa shape index (κ2) is 6.38. The minimum Gasteiger partial charge on any atom is -0.494 e. The van der Waals surface area contributed by atoms with Crippen molar-refractivity contribution in [2.45, 2.75) is 13.3 Å². The number of carbonyl (C=O) groups excluding carboxylic acids is 1. The zero-order valence-corrected chi connectivity index (χ0v) is 11.8. The molecule has 0 fully saturated rings. The van der Waals surface area contributed by atoms with Crippen LogP contribution in [0.3, 0.4) is 0 Å². The second-order valence-corrected chi connectivity index (χ2v) is 4.87. The zero-order valence-electron chi connectivity index (χ0n) is 10.9. The van der Waals surface area contributed by atoms with Gasteiger partial charge in [-0.05, 0) is 25.1 Å². The number of carbonyl (C=O) groups is 1. The first-order valence-electron chi connectivity index (χ1n) is 6.07. The van der Waals surface area contributed by atoms with Crippen molar-refractivity contribution in [3.8, 4) is 5.75 Å². The average molecular weight is 280 g/mol. The third kappa shape index (κ3) is 3.57. The fourth-order valence-corrected chi connectivity index (χ4v) is 2.53. The molecular formula is C13H16N2O3S. The number of ether oxygens (including phenoxy) is 2. The van der Waals surface area contributed by atoms with Gasteiger partial charge in [0.15, 0.2) is 5.13 Å². The molecule has 1 aromatic carbocycles. The molecule has 1 heterocycles. The van der Waals surface area contributed by atoms with Crippen molar-refractivity contribution in [1.82, 2.24) is 4.98 Å². The highest BCUT2D eigenvalue weighted by Crippen LogP contribution is 2.29. The quantitative estimate of drug-likeness (QED) is 0.824. The Hall–Kier alpha value is -1.82.